The Balaban J connectivity index is 1.81. The summed E-state index contributed by atoms with van der Waals surface area (Å²) >= 11 is 0. The van der Waals surface area contributed by atoms with Crippen molar-refractivity contribution in [2.75, 3.05) is 7.05 Å². The number of hydrogen-bond acceptors (Lipinski definition) is 1. The maximum absolute atomic E-state index is 3.59. The van der Waals surface area contributed by atoms with Crippen LogP contribution in [0.1, 0.15) is 50.6 Å². The van der Waals surface area contributed by atoms with E-state index in [9.17, 15) is 0 Å². The Kier molecular flexibility index (Phi) is 4.60. The van der Waals surface area contributed by atoms with Crippen molar-refractivity contribution in [1.82, 2.24) is 5.32 Å². The molecule has 0 aromatic heterocycles. The van der Waals surface area contributed by atoms with Crippen LogP contribution in [-0.4, -0.2) is 7.05 Å². The van der Waals surface area contributed by atoms with Gasteiger partial charge in [-0.25, -0.2) is 0 Å². The zero-order chi connectivity index (χ0) is 14.7. The molecule has 2 aromatic carbocycles. The molecule has 0 aliphatic heterocycles. The zero-order valence-electron chi connectivity index (χ0n) is 13.3. The molecule has 0 heterocycles. The Hall–Kier alpha value is -1.34. The Morgan fingerprint density at radius 2 is 1.71 bits per heavy atom. The van der Waals surface area contributed by atoms with E-state index in [1.165, 1.54) is 48.4 Å². The van der Waals surface area contributed by atoms with E-state index in [0.29, 0.717) is 6.04 Å². The third-order valence-corrected chi connectivity index (χ3v) is 5.38. The fourth-order valence-corrected chi connectivity index (χ4v) is 4.01. The van der Waals surface area contributed by atoms with E-state index in [4.69, 9.17) is 0 Å². The third kappa shape index (κ3) is 3.13. The summed E-state index contributed by atoms with van der Waals surface area (Å²) in [6.07, 6.45) is 6.92. The number of benzene rings is 2. The summed E-state index contributed by atoms with van der Waals surface area (Å²) in [4.78, 5) is 0. The molecular weight excluding hydrogens is 254 g/mol. The second-order valence-electron chi connectivity index (χ2n) is 6.56. The van der Waals surface area contributed by atoms with Crippen LogP contribution in [0.2, 0.25) is 0 Å². The van der Waals surface area contributed by atoms with Gasteiger partial charge in [0.2, 0.25) is 0 Å². The largest absolute Gasteiger partial charge is 0.313 e. The minimum absolute atomic E-state index is 0.507. The highest BCUT2D eigenvalue weighted by Gasteiger charge is 2.27. The summed E-state index contributed by atoms with van der Waals surface area (Å²) < 4.78 is 0. The van der Waals surface area contributed by atoms with E-state index in [1.54, 1.807) is 0 Å². The van der Waals surface area contributed by atoms with Gasteiger partial charge in [0.15, 0.2) is 0 Å². The lowest BCUT2D eigenvalue weighted by molar-refractivity contribution is 0.224. The van der Waals surface area contributed by atoms with Gasteiger partial charge >= 0.3 is 0 Å². The van der Waals surface area contributed by atoms with Crippen LogP contribution < -0.4 is 5.32 Å². The molecule has 0 bridgehead atoms. The van der Waals surface area contributed by atoms with Crippen LogP contribution in [0.15, 0.2) is 42.5 Å². The van der Waals surface area contributed by atoms with Gasteiger partial charge in [-0.2, -0.15) is 0 Å². The molecule has 3 rings (SSSR count). The summed E-state index contributed by atoms with van der Waals surface area (Å²) in [5.41, 5.74) is 1.45. The van der Waals surface area contributed by atoms with Crippen molar-refractivity contribution < 1.29 is 0 Å². The van der Waals surface area contributed by atoms with Crippen molar-refractivity contribution in [2.45, 2.75) is 45.1 Å². The Labute approximate surface area is 128 Å². The Bertz CT molecular complexity index is 581. The summed E-state index contributed by atoms with van der Waals surface area (Å²) in [7, 11) is 2.12. The van der Waals surface area contributed by atoms with Crippen LogP contribution in [0.3, 0.4) is 0 Å². The second-order valence-corrected chi connectivity index (χ2v) is 6.56. The summed E-state index contributed by atoms with van der Waals surface area (Å²) in [5, 5.41) is 6.28. The lowest BCUT2D eigenvalue weighted by Gasteiger charge is -2.34. The van der Waals surface area contributed by atoms with Gasteiger partial charge < -0.3 is 5.32 Å². The fraction of sp³-hybridized carbons (Fsp3) is 0.500. The van der Waals surface area contributed by atoms with Gasteiger partial charge in [-0.3, -0.25) is 0 Å². The van der Waals surface area contributed by atoms with Crippen molar-refractivity contribution >= 4 is 10.8 Å². The van der Waals surface area contributed by atoms with Crippen LogP contribution in [0.25, 0.3) is 10.8 Å². The molecule has 0 radical (unpaired) electrons. The van der Waals surface area contributed by atoms with Crippen molar-refractivity contribution in [1.29, 1.82) is 0 Å². The molecular formula is C20H27N. The zero-order valence-corrected chi connectivity index (χ0v) is 13.3. The van der Waals surface area contributed by atoms with E-state index in [1.807, 2.05) is 0 Å². The molecule has 21 heavy (non-hydrogen) atoms. The molecule has 1 aliphatic carbocycles. The quantitative estimate of drug-likeness (QED) is 0.800. The van der Waals surface area contributed by atoms with Crippen LogP contribution in [-0.2, 0) is 0 Å². The maximum Gasteiger partial charge on any atom is 0.0346 e. The minimum atomic E-state index is 0.507. The molecule has 1 heteroatoms. The fourth-order valence-electron chi connectivity index (χ4n) is 4.01. The van der Waals surface area contributed by atoms with Gasteiger partial charge in [-0.1, -0.05) is 62.6 Å². The second kappa shape index (κ2) is 6.62. The average molecular weight is 281 g/mol. The van der Waals surface area contributed by atoms with E-state index in [2.05, 4.69) is 61.8 Å². The third-order valence-electron chi connectivity index (χ3n) is 5.38. The summed E-state index contributed by atoms with van der Waals surface area (Å²) in [6, 6.07) is 16.1. The van der Waals surface area contributed by atoms with Crippen molar-refractivity contribution in [3.8, 4) is 0 Å². The first kappa shape index (κ1) is 14.6. The molecule has 112 valence electrons. The maximum atomic E-state index is 3.59. The van der Waals surface area contributed by atoms with Gasteiger partial charge in [-0.05, 0) is 54.1 Å². The molecule has 1 aliphatic rings. The monoisotopic (exact) mass is 281 g/mol. The number of rotatable bonds is 4. The molecule has 1 atom stereocenters. The van der Waals surface area contributed by atoms with E-state index < -0.39 is 0 Å². The first-order chi connectivity index (χ1) is 10.3. The average Bonchev–Trinajstić information content (AvgIpc) is 2.56. The predicted molar refractivity (Wildman–Crippen MR) is 91.5 cm³/mol. The normalized spacial score (nSPS) is 24.1. The molecule has 1 fully saturated rings. The van der Waals surface area contributed by atoms with Crippen molar-refractivity contribution in [2.24, 2.45) is 11.8 Å². The molecule has 0 spiro atoms. The Morgan fingerprint density at radius 3 is 2.38 bits per heavy atom. The van der Waals surface area contributed by atoms with Gasteiger partial charge in [-0.15, -0.1) is 0 Å². The van der Waals surface area contributed by atoms with Gasteiger partial charge in [0.05, 0.1) is 0 Å². The lowest BCUT2D eigenvalue weighted by atomic mass is 9.76. The number of hydrogen-bond donors (Lipinski definition) is 1. The lowest BCUT2D eigenvalue weighted by Crippen LogP contribution is -2.28. The molecule has 0 saturated heterocycles. The highest BCUT2D eigenvalue weighted by molar-refractivity contribution is 5.83. The summed E-state index contributed by atoms with van der Waals surface area (Å²) in [6.45, 7) is 2.34. The van der Waals surface area contributed by atoms with Gasteiger partial charge in [0.25, 0.3) is 0 Å². The van der Waals surface area contributed by atoms with Crippen molar-refractivity contribution in [3.63, 3.8) is 0 Å². The van der Waals surface area contributed by atoms with E-state index in [0.717, 1.165) is 11.8 Å². The van der Waals surface area contributed by atoms with Crippen LogP contribution in [0.4, 0.5) is 0 Å². The predicted octanol–water partition coefficient (Wildman–Crippen LogP) is 5.32. The van der Waals surface area contributed by atoms with Gasteiger partial charge in [0.1, 0.15) is 0 Å². The van der Waals surface area contributed by atoms with E-state index >= 15 is 0 Å². The molecule has 1 saturated carbocycles. The standard InChI is InChI=1S/C20H27N/c1-3-15-8-10-17(11-9-15)20(21-2)19-13-12-16-6-4-5-7-18(16)14-19/h4-7,12-15,17,20-21H,3,8-11H2,1-2H3. The van der Waals surface area contributed by atoms with Crippen LogP contribution >= 0.6 is 0 Å². The highest BCUT2D eigenvalue weighted by atomic mass is 14.9. The smallest absolute Gasteiger partial charge is 0.0346 e. The molecule has 1 N–H and O–H groups in total. The minimum Gasteiger partial charge on any atom is -0.313 e. The first-order valence-corrected chi connectivity index (χ1v) is 8.47. The van der Waals surface area contributed by atoms with Crippen LogP contribution in [0.5, 0.6) is 0 Å². The van der Waals surface area contributed by atoms with Crippen LogP contribution in [0, 0.1) is 11.8 Å². The van der Waals surface area contributed by atoms with E-state index in [-0.39, 0.29) is 0 Å². The first-order valence-electron chi connectivity index (χ1n) is 8.47. The number of nitrogens with one attached hydrogen (secondary N) is 1. The topological polar surface area (TPSA) is 12.0 Å². The number of fused-ring (bicyclic) bond motifs is 1. The molecule has 1 unspecified atom stereocenters. The SMILES string of the molecule is CCC1CCC(C(NC)c2ccc3ccccc3c2)CC1. The van der Waals surface area contributed by atoms with Gasteiger partial charge in [0, 0.05) is 6.04 Å². The van der Waals surface area contributed by atoms with Crippen molar-refractivity contribution in [3.05, 3.63) is 48.0 Å². The molecule has 0 amide bonds. The molecule has 2 aromatic rings. The summed E-state index contributed by atoms with van der Waals surface area (Å²) in [5.74, 6) is 1.76. The molecule has 1 nitrogen and oxygen atoms in total. The Morgan fingerprint density at radius 1 is 1.00 bits per heavy atom. The highest BCUT2D eigenvalue weighted by Crippen LogP contribution is 2.38.